The third kappa shape index (κ3) is 6.96. The van der Waals surface area contributed by atoms with Crippen molar-refractivity contribution in [2.75, 3.05) is 4.90 Å². The van der Waals surface area contributed by atoms with Gasteiger partial charge in [0.25, 0.3) is 0 Å². The first-order chi connectivity index (χ1) is 35.2. The van der Waals surface area contributed by atoms with E-state index in [1.807, 2.05) is 0 Å². The average molecular weight is 955 g/mol. The number of nitrogens with zero attached hydrogens (tertiary/aromatic N) is 1. The van der Waals surface area contributed by atoms with Crippen molar-refractivity contribution < 1.29 is 4.74 Å². The summed E-state index contributed by atoms with van der Waals surface area (Å²) < 4.78 is 6.88. The van der Waals surface area contributed by atoms with Crippen LogP contribution in [-0.2, 0) is 0 Å². The highest BCUT2D eigenvalue weighted by atomic mass is 28.3. The summed E-state index contributed by atoms with van der Waals surface area (Å²) in [4.78, 5) is 2.49. The van der Waals surface area contributed by atoms with Gasteiger partial charge in [-0.05, 0) is 101 Å². The van der Waals surface area contributed by atoms with Crippen LogP contribution in [-0.4, -0.2) is 24.9 Å². The molecule has 2 heterocycles. The lowest BCUT2D eigenvalue weighted by atomic mass is 10.0. The molecule has 1 radical (unpaired) electrons. The van der Waals surface area contributed by atoms with Crippen LogP contribution in [0.15, 0.2) is 291 Å². The zero-order valence-corrected chi connectivity index (χ0v) is 42.1. The molecule has 0 aliphatic carbocycles. The summed E-state index contributed by atoms with van der Waals surface area (Å²) in [6, 6.07) is 109. The van der Waals surface area contributed by atoms with E-state index in [0.717, 1.165) is 28.6 Å². The molecule has 2 aliphatic rings. The van der Waals surface area contributed by atoms with E-state index >= 15 is 0 Å². The van der Waals surface area contributed by atoms with Gasteiger partial charge in [-0.25, -0.2) is 0 Å². The number of benzene rings is 11. The molecule has 0 fully saturated rings. The van der Waals surface area contributed by atoms with Crippen LogP contribution in [0.2, 0.25) is 0 Å². The molecule has 71 heavy (non-hydrogen) atoms. The second-order valence-electron chi connectivity index (χ2n) is 18.5. The van der Waals surface area contributed by atoms with E-state index in [9.17, 15) is 0 Å². The molecule has 13 rings (SSSR count). The largest absolute Gasteiger partial charge is 0.458 e. The first kappa shape index (κ1) is 42.7. The van der Waals surface area contributed by atoms with E-state index in [4.69, 9.17) is 4.74 Å². The van der Waals surface area contributed by atoms with Gasteiger partial charge in [0.2, 0.25) is 0 Å². The van der Waals surface area contributed by atoms with E-state index in [2.05, 4.69) is 296 Å². The number of rotatable bonds is 9. The zero-order chi connectivity index (χ0) is 47.2. The van der Waals surface area contributed by atoms with Crippen LogP contribution < -0.4 is 66.7 Å². The monoisotopic (exact) mass is 954 g/mol. The second-order valence-corrected chi connectivity index (χ2v) is 28.4. The predicted octanol–water partition coefficient (Wildman–Crippen LogP) is 8.51. The van der Waals surface area contributed by atoms with Crippen molar-refractivity contribution in [1.82, 2.24) is 0 Å². The molecule has 2 nitrogen and oxygen atoms in total. The Morgan fingerprint density at radius 2 is 0.704 bits per heavy atom. The third-order valence-corrected chi connectivity index (χ3v) is 27.9. The normalized spacial score (nSPS) is 13.2. The maximum absolute atomic E-state index is 6.88. The lowest BCUT2D eigenvalue weighted by Gasteiger charge is -2.46. The molecule has 335 valence electrons. The number of anilines is 3. The maximum Gasteiger partial charge on any atom is 0.188 e. The van der Waals surface area contributed by atoms with Gasteiger partial charge in [-0.3, -0.25) is 0 Å². The van der Waals surface area contributed by atoms with E-state index in [1.54, 1.807) is 0 Å². The van der Waals surface area contributed by atoms with Crippen molar-refractivity contribution in [3.05, 3.63) is 291 Å². The van der Waals surface area contributed by atoms with Gasteiger partial charge in [-0.1, -0.05) is 258 Å². The summed E-state index contributed by atoms with van der Waals surface area (Å²) >= 11 is 0. The zero-order valence-electron chi connectivity index (χ0n) is 39.1. The quantitative estimate of drug-likeness (QED) is 0.106. The number of fused-ring (bicyclic) bond motifs is 8. The Morgan fingerprint density at radius 3 is 1.25 bits per heavy atom. The molecular formula is C66H48NOSi3. The molecule has 2 aliphatic heterocycles. The first-order valence-corrected chi connectivity index (χ1v) is 30.0. The summed E-state index contributed by atoms with van der Waals surface area (Å²) in [5.74, 6) is 1.90. The molecule has 11 aromatic rings. The smallest absolute Gasteiger partial charge is 0.188 e. The van der Waals surface area contributed by atoms with Gasteiger partial charge in [-0.15, -0.1) is 0 Å². The fourth-order valence-corrected chi connectivity index (χ4v) is 26.2. The number of para-hydroxylation sites is 2. The van der Waals surface area contributed by atoms with E-state index in [0.29, 0.717) is 0 Å². The maximum atomic E-state index is 6.88. The standard InChI is InChI=1S/C66H48NOSi3/c1-6-22-49(23-7-1)50-38-40-51(41-39-50)67(52-42-45-58(46-43-52)70(55-26-10-3-11-27-55,56-28-12-4-13-29-56)57-30-14-5-15-31-57)53-44-47-62-66(48-53)71(63-35-19-16-32-59(63)68-60-33-17-20-36-64(60)71)65-37-21-18-34-61(65)69(62)54-24-8-2-9-25-54/h1-48H. The molecular weight excluding hydrogens is 907 g/mol. The molecule has 0 atom stereocenters. The van der Waals surface area contributed by atoms with Crippen LogP contribution in [0.1, 0.15) is 0 Å². The van der Waals surface area contributed by atoms with Crippen LogP contribution in [0.5, 0.6) is 11.5 Å². The summed E-state index contributed by atoms with van der Waals surface area (Å²) in [7, 11) is -7.24. The fourth-order valence-electron chi connectivity index (χ4n) is 11.8. The van der Waals surface area contributed by atoms with Gasteiger partial charge in [0, 0.05) is 17.1 Å². The highest BCUT2D eigenvalue weighted by molar-refractivity contribution is 7.27. The van der Waals surface area contributed by atoms with Crippen molar-refractivity contribution in [3.8, 4) is 22.6 Å². The summed E-state index contributed by atoms with van der Waals surface area (Å²) in [5.41, 5.74) is 5.72. The second kappa shape index (κ2) is 17.9. The van der Waals surface area contributed by atoms with Crippen molar-refractivity contribution >= 4 is 99.1 Å². The van der Waals surface area contributed by atoms with Gasteiger partial charge < -0.3 is 9.64 Å². The SMILES string of the molecule is c1ccc(-c2ccc(N(c3ccc([Si](c4ccccc4)(c4ccccc4)c4ccccc4)cc3)c3ccc4c(c3)[Si]3(c5ccccc5Oc5ccccc53)c3ccccc3[Si]4c3ccccc3)cc2)cc1. The van der Waals surface area contributed by atoms with Crippen LogP contribution in [0.25, 0.3) is 11.1 Å². The Hall–Kier alpha value is -8.33. The van der Waals surface area contributed by atoms with Crippen LogP contribution >= 0.6 is 0 Å². The molecule has 0 N–H and O–H groups in total. The first-order valence-electron chi connectivity index (χ1n) is 24.5. The molecule has 5 heteroatoms. The molecule has 0 saturated heterocycles. The van der Waals surface area contributed by atoms with Crippen molar-refractivity contribution in [2.24, 2.45) is 0 Å². The molecule has 0 amide bonds. The summed E-state index contributed by atoms with van der Waals surface area (Å²) in [6.45, 7) is 0. The highest BCUT2D eigenvalue weighted by Gasteiger charge is 2.54. The highest BCUT2D eigenvalue weighted by Crippen LogP contribution is 2.37. The number of hydrogen-bond acceptors (Lipinski definition) is 2. The van der Waals surface area contributed by atoms with Gasteiger partial charge in [-0.2, -0.15) is 0 Å². The molecule has 1 spiro atoms. The summed E-state index contributed by atoms with van der Waals surface area (Å²) in [5, 5.41) is 15.2. The lowest BCUT2D eigenvalue weighted by molar-refractivity contribution is 0.487. The van der Waals surface area contributed by atoms with Gasteiger partial charge in [0.15, 0.2) is 24.9 Å². The van der Waals surface area contributed by atoms with Crippen molar-refractivity contribution in [1.29, 1.82) is 0 Å². The van der Waals surface area contributed by atoms with Crippen LogP contribution in [0.4, 0.5) is 17.1 Å². The average Bonchev–Trinajstić information content (AvgIpc) is 3.45. The Morgan fingerprint density at radius 1 is 0.310 bits per heavy atom. The Bertz CT molecular complexity index is 3520. The van der Waals surface area contributed by atoms with Crippen molar-refractivity contribution in [2.45, 2.75) is 0 Å². The number of ether oxygens (including phenoxy) is 1. The van der Waals surface area contributed by atoms with Gasteiger partial charge in [0.05, 0.1) is 0 Å². The van der Waals surface area contributed by atoms with Gasteiger partial charge >= 0.3 is 0 Å². The van der Waals surface area contributed by atoms with E-state index in [-0.39, 0.29) is 0 Å². The fraction of sp³-hybridized carbons (Fsp3) is 0. The van der Waals surface area contributed by atoms with Gasteiger partial charge in [0.1, 0.15) is 11.5 Å². The minimum Gasteiger partial charge on any atom is -0.458 e. The molecule has 0 bridgehead atoms. The molecule has 0 unspecified atom stereocenters. The minimum atomic E-state index is -3.03. The van der Waals surface area contributed by atoms with Crippen molar-refractivity contribution in [3.63, 3.8) is 0 Å². The van der Waals surface area contributed by atoms with Crippen LogP contribution in [0.3, 0.4) is 0 Å². The third-order valence-electron chi connectivity index (χ3n) is 14.8. The van der Waals surface area contributed by atoms with Crippen LogP contribution in [0, 0.1) is 0 Å². The Kier molecular flexibility index (Phi) is 10.8. The molecule has 0 aromatic heterocycles. The number of hydrogen-bond donors (Lipinski definition) is 0. The Labute approximate surface area is 420 Å². The van der Waals surface area contributed by atoms with E-state index in [1.165, 1.54) is 68.2 Å². The van der Waals surface area contributed by atoms with E-state index < -0.39 is 24.9 Å². The summed E-state index contributed by atoms with van der Waals surface area (Å²) in [6.07, 6.45) is 0. The molecule has 0 saturated carbocycles. The predicted molar refractivity (Wildman–Crippen MR) is 305 cm³/mol. The topological polar surface area (TPSA) is 12.5 Å². The Balaban J connectivity index is 1.07. The minimum absolute atomic E-state index is 0.950. The molecule has 11 aromatic carbocycles. The lowest BCUT2D eigenvalue weighted by Crippen LogP contribution is -2.87.